The highest BCUT2D eigenvalue weighted by Crippen LogP contribution is 2.50. The number of nitrogens with one attached hydrogen (secondary N) is 1. The monoisotopic (exact) mass is 201 g/mol. The van der Waals surface area contributed by atoms with Crippen molar-refractivity contribution in [1.29, 1.82) is 0 Å². The van der Waals surface area contributed by atoms with Crippen molar-refractivity contribution in [3.05, 3.63) is 30.0 Å². The van der Waals surface area contributed by atoms with Crippen molar-refractivity contribution in [3.63, 3.8) is 0 Å². The Balaban J connectivity index is 2.11. The lowest BCUT2D eigenvalue weighted by molar-refractivity contribution is 0.557. The van der Waals surface area contributed by atoms with Crippen LogP contribution in [0.25, 0.3) is 10.9 Å². The molecule has 3 heteroatoms. The maximum Gasteiger partial charge on any atom is 0.0650 e. The lowest BCUT2D eigenvalue weighted by atomic mass is 9.89. The zero-order chi connectivity index (χ0) is 10.5. The van der Waals surface area contributed by atoms with E-state index in [1.165, 1.54) is 23.8 Å². The first-order chi connectivity index (χ1) is 7.22. The van der Waals surface area contributed by atoms with Gasteiger partial charge in [-0.1, -0.05) is 6.07 Å². The summed E-state index contributed by atoms with van der Waals surface area (Å²) in [5.74, 6) is 0. The number of H-pyrrole nitrogens is 1. The molecular formula is C12H15N3. The summed E-state index contributed by atoms with van der Waals surface area (Å²) in [4.78, 5) is 0. The maximum absolute atomic E-state index is 6.06. The second-order valence-corrected chi connectivity index (χ2v) is 4.62. The van der Waals surface area contributed by atoms with Crippen LogP contribution < -0.4 is 5.73 Å². The predicted molar refractivity (Wildman–Crippen MR) is 60.7 cm³/mol. The van der Waals surface area contributed by atoms with Crippen LogP contribution >= 0.6 is 0 Å². The first-order valence-corrected chi connectivity index (χ1v) is 5.41. The standard InChI is InChI=1S/C12H15N3/c1-8(13)12(4-5-12)10-2-3-11-9(6-10)7-14-15-11/h2-3,6-8H,4-5,13H2,1H3,(H,14,15). The number of aromatic nitrogens is 2. The van der Waals surface area contributed by atoms with Crippen molar-refractivity contribution < 1.29 is 0 Å². The minimum absolute atomic E-state index is 0.238. The molecule has 3 rings (SSSR count). The molecule has 78 valence electrons. The number of hydrogen-bond donors (Lipinski definition) is 2. The summed E-state index contributed by atoms with van der Waals surface area (Å²) >= 11 is 0. The molecule has 1 aromatic carbocycles. The van der Waals surface area contributed by atoms with Gasteiger partial charge in [-0.25, -0.2) is 0 Å². The van der Waals surface area contributed by atoms with E-state index >= 15 is 0 Å². The molecule has 1 aliphatic carbocycles. The molecule has 2 aromatic rings. The van der Waals surface area contributed by atoms with E-state index in [9.17, 15) is 0 Å². The van der Waals surface area contributed by atoms with Crippen LogP contribution in [0.1, 0.15) is 25.3 Å². The smallest absolute Gasteiger partial charge is 0.0650 e. The second kappa shape index (κ2) is 2.83. The number of nitrogens with two attached hydrogens (primary N) is 1. The molecule has 1 aromatic heterocycles. The molecule has 0 aliphatic heterocycles. The number of aromatic amines is 1. The van der Waals surface area contributed by atoms with E-state index in [1.807, 2.05) is 6.20 Å². The Morgan fingerprint density at radius 3 is 2.93 bits per heavy atom. The molecule has 1 atom stereocenters. The first-order valence-electron chi connectivity index (χ1n) is 5.41. The number of hydrogen-bond acceptors (Lipinski definition) is 2. The minimum atomic E-state index is 0.238. The fourth-order valence-corrected chi connectivity index (χ4v) is 2.39. The molecule has 1 fully saturated rings. The highest BCUT2D eigenvalue weighted by atomic mass is 15.1. The quantitative estimate of drug-likeness (QED) is 0.780. The van der Waals surface area contributed by atoms with Gasteiger partial charge < -0.3 is 5.73 Å². The largest absolute Gasteiger partial charge is 0.327 e. The van der Waals surface area contributed by atoms with Crippen LogP contribution in [0.2, 0.25) is 0 Å². The van der Waals surface area contributed by atoms with Crippen LogP contribution in [0.5, 0.6) is 0 Å². The first kappa shape index (κ1) is 8.92. The topological polar surface area (TPSA) is 54.7 Å². The molecule has 0 saturated heterocycles. The SMILES string of the molecule is CC(N)C1(c2ccc3[nH]ncc3c2)CC1. The van der Waals surface area contributed by atoms with Crippen LogP contribution in [-0.2, 0) is 5.41 Å². The van der Waals surface area contributed by atoms with Crippen molar-refractivity contribution in [2.75, 3.05) is 0 Å². The Kier molecular flexibility index (Phi) is 1.68. The summed E-state index contributed by atoms with van der Waals surface area (Å²) in [5.41, 5.74) is 8.77. The van der Waals surface area contributed by atoms with Gasteiger partial charge in [0, 0.05) is 16.8 Å². The van der Waals surface area contributed by atoms with Gasteiger partial charge in [-0.05, 0) is 37.5 Å². The number of fused-ring (bicyclic) bond motifs is 1. The van der Waals surface area contributed by atoms with Crippen molar-refractivity contribution in [1.82, 2.24) is 10.2 Å². The van der Waals surface area contributed by atoms with Crippen molar-refractivity contribution in [2.24, 2.45) is 5.73 Å². The second-order valence-electron chi connectivity index (χ2n) is 4.62. The molecule has 1 aliphatic rings. The molecule has 3 N–H and O–H groups in total. The molecule has 3 nitrogen and oxygen atoms in total. The van der Waals surface area contributed by atoms with Gasteiger partial charge in [0.05, 0.1) is 11.7 Å². The van der Waals surface area contributed by atoms with Gasteiger partial charge in [0.15, 0.2) is 0 Å². The van der Waals surface area contributed by atoms with Gasteiger partial charge in [0.2, 0.25) is 0 Å². The molecule has 15 heavy (non-hydrogen) atoms. The lowest BCUT2D eigenvalue weighted by Crippen LogP contribution is -2.31. The van der Waals surface area contributed by atoms with E-state index in [1.54, 1.807) is 0 Å². The highest BCUT2D eigenvalue weighted by molar-refractivity contribution is 5.79. The van der Waals surface area contributed by atoms with Crippen molar-refractivity contribution >= 4 is 10.9 Å². The van der Waals surface area contributed by atoms with Gasteiger partial charge in [0.25, 0.3) is 0 Å². The Labute approximate surface area is 88.7 Å². The molecular weight excluding hydrogens is 186 g/mol. The number of rotatable bonds is 2. The zero-order valence-corrected chi connectivity index (χ0v) is 8.83. The molecule has 0 spiro atoms. The third kappa shape index (κ3) is 1.20. The Hall–Kier alpha value is -1.35. The van der Waals surface area contributed by atoms with Gasteiger partial charge in [-0.3, -0.25) is 5.10 Å². The van der Waals surface area contributed by atoms with Gasteiger partial charge in [-0.2, -0.15) is 5.10 Å². The average Bonchev–Trinajstić information content (AvgIpc) is 2.91. The summed E-state index contributed by atoms with van der Waals surface area (Å²) in [5, 5.41) is 8.18. The summed E-state index contributed by atoms with van der Waals surface area (Å²) in [6, 6.07) is 6.73. The van der Waals surface area contributed by atoms with Gasteiger partial charge in [0.1, 0.15) is 0 Å². The molecule has 0 bridgehead atoms. The minimum Gasteiger partial charge on any atom is -0.327 e. The van der Waals surface area contributed by atoms with Crippen molar-refractivity contribution in [2.45, 2.75) is 31.2 Å². The lowest BCUT2D eigenvalue weighted by Gasteiger charge is -2.19. The molecule has 1 saturated carbocycles. The molecule has 1 heterocycles. The summed E-state index contributed by atoms with van der Waals surface area (Å²) in [6.07, 6.45) is 4.30. The highest BCUT2D eigenvalue weighted by Gasteiger charge is 2.47. The van der Waals surface area contributed by atoms with E-state index in [4.69, 9.17) is 5.73 Å². The molecule has 1 unspecified atom stereocenters. The van der Waals surface area contributed by atoms with E-state index in [0.717, 1.165) is 5.52 Å². The Morgan fingerprint density at radius 1 is 1.47 bits per heavy atom. The van der Waals surface area contributed by atoms with Gasteiger partial charge in [-0.15, -0.1) is 0 Å². The average molecular weight is 201 g/mol. The van der Waals surface area contributed by atoms with Crippen molar-refractivity contribution in [3.8, 4) is 0 Å². The third-order valence-corrected chi connectivity index (χ3v) is 3.68. The van der Waals surface area contributed by atoms with E-state index in [2.05, 4.69) is 35.3 Å². The number of benzene rings is 1. The maximum atomic E-state index is 6.06. The fourth-order valence-electron chi connectivity index (χ4n) is 2.39. The molecule has 0 amide bonds. The van der Waals surface area contributed by atoms with Crippen LogP contribution in [0.4, 0.5) is 0 Å². The Morgan fingerprint density at radius 2 is 2.27 bits per heavy atom. The van der Waals surface area contributed by atoms with Crippen LogP contribution in [-0.4, -0.2) is 16.2 Å². The zero-order valence-electron chi connectivity index (χ0n) is 8.83. The van der Waals surface area contributed by atoms with Crippen LogP contribution in [0, 0.1) is 0 Å². The summed E-state index contributed by atoms with van der Waals surface area (Å²) < 4.78 is 0. The van der Waals surface area contributed by atoms with E-state index in [0.29, 0.717) is 0 Å². The third-order valence-electron chi connectivity index (χ3n) is 3.68. The van der Waals surface area contributed by atoms with E-state index in [-0.39, 0.29) is 11.5 Å². The van der Waals surface area contributed by atoms with E-state index < -0.39 is 0 Å². The Bertz CT molecular complexity index is 494. The summed E-state index contributed by atoms with van der Waals surface area (Å²) in [6.45, 7) is 2.10. The van der Waals surface area contributed by atoms with Gasteiger partial charge >= 0.3 is 0 Å². The number of nitrogens with zero attached hydrogens (tertiary/aromatic N) is 1. The summed E-state index contributed by atoms with van der Waals surface area (Å²) in [7, 11) is 0. The fraction of sp³-hybridized carbons (Fsp3) is 0.417. The normalized spacial score (nSPS) is 20.4. The van der Waals surface area contributed by atoms with Crippen LogP contribution in [0.15, 0.2) is 24.4 Å². The predicted octanol–water partition coefficient (Wildman–Crippen LogP) is 1.94. The molecule has 0 radical (unpaired) electrons. The van der Waals surface area contributed by atoms with Crippen LogP contribution in [0.3, 0.4) is 0 Å².